The molecule has 1 aliphatic heterocycles. The smallest absolute Gasteiger partial charge is 0.245 e. The number of hydrogen-bond acceptors (Lipinski definition) is 5. The van der Waals surface area contributed by atoms with Crippen LogP contribution >= 0.6 is 11.3 Å². The maximum Gasteiger partial charge on any atom is 0.245 e. The fourth-order valence-corrected chi connectivity index (χ4v) is 3.84. The van der Waals surface area contributed by atoms with Crippen LogP contribution in [0.5, 0.6) is 0 Å². The van der Waals surface area contributed by atoms with Gasteiger partial charge in [-0.25, -0.2) is 0 Å². The third kappa shape index (κ3) is 3.03. The van der Waals surface area contributed by atoms with Crippen molar-refractivity contribution in [3.63, 3.8) is 0 Å². The van der Waals surface area contributed by atoms with Gasteiger partial charge < -0.3 is 4.90 Å². The second-order valence-electron chi connectivity index (χ2n) is 5.77. The highest BCUT2D eigenvalue weighted by molar-refractivity contribution is 7.14. The maximum atomic E-state index is 12.7. The van der Waals surface area contributed by atoms with E-state index in [4.69, 9.17) is 10.5 Å². The van der Waals surface area contributed by atoms with Gasteiger partial charge in [-0.15, -0.1) is 11.3 Å². The number of likely N-dealkylation sites (N-methyl/N-ethyl adjacent to an activating group) is 1. The van der Waals surface area contributed by atoms with Crippen LogP contribution in [0.2, 0.25) is 0 Å². The van der Waals surface area contributed by atoms with Crippen molar-refractivity contribution in [1.82, 2.24) is 4.90 Å². The van der Waals surface area contributed by atoms with Gasteiger partial charge in [0.05, 0.1) is 23.2 Å². The van der Waals surface area contributed by atoms with Crippen LogP contribution < -0.4 is 4.90 Å². The fraction of sp³-hybridized carbons (Fsp3) is 0.278. The highest BCUT2D eigenvalue weighted by Gasteiger charge is 2.36. The summed E-state index contributed by atoms with van der Waals surface area (Å²) in [5.74, 6) is 0.0464. The quantitative estimate of drug-likeness (QED) is 0.861. The first-order chi connectivity index (χ1) is 11.6. The van der Waals surface area contributed by atoms with E-state index in [1.807, 2.05) is 29.5 Å². The number of nitrogens with zero attached hydrogens (tertiary/aromatic N) is 4. The number of anilines is 1. The lowest BCUT2D eigenvalue weighted by molar-refractivity contribution is -0.121. The molecule has 24 heavy (non-hydrogen) atoms. The van der Waals surface area contributed by atoms with E-state index < -0.39 is 0 Å². The first kappa shape index (κ1) is 16.2. The Labute approximate surface area is 145 Å². The molecule has 1 amide bonds. The van der Waals surface area contributed by atoms with Gasteiger partial charge in [0.25, 0.3) is 0 Å². The number of hydrogen-bond donors (Lipinski definition) is 0. The summed E-state index contributed by atoms with van der Waals surface area (Å²) < 4.78 is 0. The summed E-state index contributed by atoms with van der Waals surface area (Å²) in [5, 5.41) is 20.6. The predicted molar refractivity (Wildman–Crippen MR) is 92.4 cm³/mol. The minimum Gasteiger partial charge on any atom is -0.301 e. The van der Waals surface area contributed by atoms with Gasteiger partial charge in [-0.1, -0.05) is 12.1 Å². The highest BCUT2D eigenvalue weighted by atomic mass is 32.1. The molecule has 0 bridgehead atoms. The Balaban J connectivity index is 1.70. The molecule has 3 rings (SSSR count). The van der Waals surface area contributed by atoms with E-state index in [0.717, 1.165) is 17.0 Å². The summed E-state index contributed by atoms with van der Waals surface area (Å²) in [6, 6.07) is 13.2. The molecule has 1 aromatic heterocycles. The monoisotopic (exact) mass is 336 g/mol. The van der Waals surface area contributed by atoms with Gasteiger partial charge in [-0.05, 0) is 42.6 Å². The number of benzene rings is 1. The molecule has 0 aliphatic carbocycles. The minimum absolute atomic E-state index is 0.0464. The van der Waals surface area contributed by atoms with E-state index in [9.17, 15) is 4.79 Å². The Kier molecular flexibility index (Phi) is 4.61. The Hall–Kier alpha value is -2.67. The lowest BCUT2D eigenvalue weighted by Gasteiger charge is -2.23. The molecule has 0 saturated carbocycles. The molecule has 1 saturated heterocycles. The molecule has 120 valence electrons. The average Bonchev–Trinajstić information content (AvgIpc) is 3.21. The van der Waals surface area contributed by atoms with Crippen molar-refractivity contribution in [2.24, 2.45) is 0 Å². The van der Waals surface area contributed by atoms with E-state index in [2.05, 4.69) is 12.1 Å². The van der Waals surface area contributed by atoms with Crippen LogP contribution in [0.25, 0.3) is 0 Å². The first-order valence-corrected chi connectivity index (χ1v) is 8.50. The Morgan fingerprint density at radius 2 is 2.00 bits per heavy atom. The van der Waals surface area contributed by atoms with Gasteiger partial charge in [0.2, 0.25) is 5.91 Å². The van der Waals surface area contributed by atoms with E-state index in [-0.39, 0.29) is 11.9 Å². The zero-order valence-electron chi connectivity index (χ0n) is 13.3. The molecule has 1 atom stereocenters. The van der Waals surface area contributed by atoms with Gasteiger partial charge in [-0.2, -0.15) is 10.5 Å². The third-order valence-electron chi connectivity index (χ3n) is 4.23. The lowest BCUT2D eigenvalue weighted by Crippen LogP contribution is -2.39. The van der Waals surface area contributed by atoms with Crippen LogP contribution in [0.1, 0.15) is 23.1 Å². The Morgan fingerprint density at radius 3 is 2.67 bits per heavy atom. The van der Waals surface area contributed by atoms with E-state index in [0.29, 0.717) is 24.2 Å². The van der Waals surface area contributed by atoms with Gasteiger partial charge in [0, 0.05) is 13.1 Å². The van der Waals surface area contributed by atoms with Gasteiger partial charge >= 0.3 is 0 Å². The molecule has 0 N–H and O–H groups in total. The number of carbonyl (C=O) groups excluding carboxylic acids is 1. The van der Waals surface area contributed by atoms with Gasteiger partial charge in [-0.3, -0.25) is 9.69 Å². The molecule has 1 fully saturated rings. The van der Waals surface area contributed by atoms with Gasteiger partial charge in [0.15, 0.2) is 0 Å². The lowest BCUT2D eigenvalue weighted by atomic mass is 10.1. The summed E-state index contributed by atoms with van der Waals surface area (Å²) in [7, 11) is 1.93. The van der Waals surface area contributed by atoms with E-state index in [1.165, 1.54) is 11.3 Å². The number of rotatable bonds is 4. The highest BCUT2D eigenvalue weighted by Crippen LogP contribution is 2.32. The van der Waals surface area contributed by atoms with Crippen molar-refractivity contribution in [2.75, 3.05) is 18.5 Å². The van der Waals surface area contributed by atoms with E-state index >= 15 is 0 Å². The van der Waals surface area contributed by atoms with Crippen molar-refractivity contribution in [3.8, 4) is 12.1 Å². The molecule has 0 spiro atoms. The van der Waals surface area contributed by atoms with Gasteiger partial charge in [0.1, 0.15) is 11.1 Å². The van der Waals surface area contributed by atoms with Crippen LogP contribution in [-0.2, 0) is 11.3 Å². The standard InChI is InChI=1S/C18H16N4OS/c1-21(12-14-4-2-13(10-19)3-5-14)16-6-8-22(17(16)23)18-15(11-20)7-9-24-18/h2-5,7,9,16H,6,8,12H2,1H3. The van der Waals surface area contributed by atoms with Crippen LogP contribution in [0.4, 0.5) is 5.00 Å². The normalized spacial score (nSPS) is 17.1. The zero-order valence-corrected chi connectivity index (χ0v) is 14.1. The number of amides is 1. The Morgan fingerprint density at radius 1 is 1.25 bits per heavy atom. The van der Waals surface area contributed by atoms with Crippen molar-refractivity contribution < 1.29 is 4.79 Å². The van der Waals surface area contributed by atoms with Crippen LogP contribution in [0, 0.1) is 22.7 Å². The molecule has 1 unspecified atom stereocenters. The van der Waals surface area contributed by atoms with Crippen molar-refractivity contribution >= 4 is 22.2 Å². The molecule has 2 heterocycles. The molecule has 1 aliphatic rings. The third-order valence-corrected chi connectivity index (χ3v) is 5.17. The fourth-order valence-electron chi connectivity index (χ4n) is 2.95. The topological polar surface area (TPSA) is 71.1 Å². The molecular formula is C18H16N4OS. The van der Waals surface area contributed by atoms with Crippen LogP contribution in [0.15, 0.2) is 35.7 Å². The summed E-state index contributed by atoms with van der Waals surface area (Å²) >= 11 is 1.43. The Bertz CT molecular complexity index is 828. The molecule has 1 aromatic carbocycles. The predicted octanol–water partition coefficient (Wildman–Crippen LogP) is 2.73. The molecular weight excluding hydrogens is 320 g/mol. The molecule has 2 aromatic rings. The molecule has 6 heteroatoms. The SMILES string of the molecule is CN(Cc1ccc(C#N)cc1)C1CCN(c2sccc2C#N)C1=O. The van der Waals surface area contributed by atoms with Crippen LogP contribution in [-0.4, -0.2) is 30.4 Å². The summed E-state index contributed by atoms with van der Waals surface area (Å²) in [5.41, 5.74) is 2.26. The van der Waals surface area contributed by atoms with Crippen molar-refractivity contribution in [1.29, 1.82) is 10.5 Å². The number of thiophene rings is 1. The summed E-state index contributed by atoms with van der Waals surface area (Å²) in [4.78, 5) is 16.5. The molecule has 0 radical (unpaired) electrons. The van der Waals surface area contributed by atoms with Crippen LogP contribution in [0.3, 0.4) is 0 Å². The summed E-state index contributed by atoms with van der Waals surface area (Å²) in [6.45, 7) is 1.28. The summed E-state index contributed by atoms with van der Waals surface area (Å²) in [6.07, 6.45) is 0.744. The largest absolute Gasteiger partial charge is 0.301 e. The average molecular weight is 336 g/mol. The zero-order chi connectivity index (χ0) is 17.1. The second kappa shape index (κ2) is 6.84. The van der Waals surface area contributed by atoms with Crippen molar-refractivity contribution in [2.45, 2.75) is 19.0 Å². The minimum atomic E-state index is -0.186. The number of carbonyl (C=O) groups is 1. The second-order valence-corrected chi connectivity index (χ2v) is 6.66. The number of nitriles is 2. The molecule has 5 nitrogen and oxygen atoms in total. The van der Waals surface area contributed by atoms with Crippen molar-refractivity contribution in [3.05, 3.63) is 52.4 Å². The maximum absolute atomic E-state index is 12.7. The van der Waals surface area contributed by atoms with E-state index in [1.54, 1.807) is 23.1 Å². The first-order valence-electron chi connectivity index (χ1n) is 7.62.